The van der Waals surface area contributed by atoms with Crippen LogP contribution in [0, 0.1) is 13.8 Å². The number of carbonyl (C=O) groups is 1. The summed E-state index contributed by atoms with van der Waals surface area (Å²) in [5.41, 5.74) is 0.987. The zero-order valence-electron chi connectivity index (χ0n) is 14.2. The second-order valence-electron chi connectivity index (χ2n) is 6.06. The van der Waals surface area contributed by atoms with E-state index >= 15 is 0 Å². The molecule has 7 nitrogen and oxygen atoms in total. The van der Waals surface area contributed by atoms with Crippen molar-refractivity contribution in [2.75, 3.05) is 10.1 Å². The van der Waals surface area contributed by atoms with Crippen molar-refractivity contribution in [3.05, 3.63) is 23.3 Å². The van der Waals surface area contributed by atoms with Gasteiger partial charge in [0, 0.05) is 12.5 Å². The fourth-order valence-electron chi connectivity index (χ4n) is 2.74. The summed E-state index contributed by atoms with van der Waals surface area (Å²) < 4.78 is 52.5. The summed E-state index contributed by atoms with van der Waals surface area (Å²) in [6, 6.07) is 2.65. The average Bonchev–Trinajstić information content (AvgIpc) is 2.70. The predicted molar refractivity (Wildman–Crippen MR) is 91.9 cm³/mol. The van der Waals surface area contributed by atoms with Crippen LogP contribution in [0.2, 0.25) is 0 Å². The smallest absolute Gasteiger partial charge is 0.242 e. The van der Waals surface area contributed by atoms with Crippen LogP contribution in [0.15, 0.2) is 17.0 Å². The molecular formula is C15H22N2O5S2. The van der Waals surface area contributed by atoms with Crippen LogP contribution in [0.4, 0.5) is 5.69 Å². The van der Waals surface area contributed by atoms with E-state index in [4.69, 9.17) is 0 Å². The molecule has 134 valence electrons. The molecule has 1 saturated heterocycles. The van der Waals surface area contributed by atoms with Crippen molar-refractivity contribution in [2.45, 2.75) is 51.5 Å². The Kier molecular flexibility index (Phi) is 5.08. The van der Waals surface area contributed by atoms with Gasteiger partial charge in [-0.3, -0.25) is 4.79 Å². The van der Waals surface area contributed by atoms with E-state index in [0.717, 1.165) is 4.31 Å². The number of benzene rings is 1. The average molecular weight is 374 g/mol. The normalized spacial score (nSPS) is 18.8. The molecule has 1 amide bonds. The highest BCUT2D eigenvalue weighted by Crippen LogP contribution is 2.31. The molecule has 1 aromatic carbocycles. The molecule has 1 N–H and O–H groups in total. The molecular weight excluding hydrogens is 352 g/mol. The lowest BCUT2D eigenvalue weighted by atomic mass is 10.1. The Morgan fingerprint density at radius 2 is 1.79 bits per heavy atom. The van der Waals surface area contributed by atoms with Crippen molar-refractivity contribution in [1.29, 1.82) is 0 Å². The summed E-state index contributed by atoms with van der Waals surface area (Å²) in [6.07, 6.45) is 0.589. The maximum atomic E-state index is 12.6. The lowest BCUT2D eigenvalue weighted by molar-refractivity contribution is -0.116. The highest BCUT2D eigenvalue weighted by atomic mass is 32.2. The maximum Gasteiger partial charge on any atom is 0.242 e. The number of anilines is 1. The number of nitrogens with zero attached hydrogens (tertiary/aromatic N) is 1. The Bertz CT molecular complexity index is 852. The van der Waals surface area contributed by atoms with E-state index in [-0.39, 0.29) is 28.8 Å². The van der Waals surface area contributed by atoms with E-state index in [1.165, 1.54) is 12.1 Å². The molecule has 9 heteroatoms. The first-order valence-corrected chi connectivity index (χ1v) is 10.8. The zero-order chi connectivity index (χ0) is 18.3. The fourth-order valence-corrected chi connectivity index (χ4v) is 5.97. The van der Waals surface area contributed by atoms with Crippen molar-refractivity contribution < 1.29 is 21.6 Å². The monoisotopic (exact) mass is 374 g/mol. The molecule has 1 atom stereocenters. The maximum absolute atomic E-state index is 12.6. The van der Waals surface area contributed by atoms with Gasteiger partial charge >= 0.3 is 0 Å². The highest BCUT2D eigenvalue weighted by molar-refractivity contribution is 7.94. The van der Waals surface area contributed by atoms with Crippen LogP contribution in [-0.4, -0.2) is 34.5 Å². The van der Waals surface area contributed by atoms with E-state index in [9.17, 15) is 21.6 Å². The molecule has 1 aromatic rings. The molecule has 0 aromatic heterocycles. The molecule has 1 aliphatic rings. The fraction of sp³-hybridized carbons (Fsp3) is 0.533. The molecule has 1 heterocycles. The van der Waals surface area contributed by atoms with Crippen LogP contribution < -0.4 is 9.03 Å². The first kappa shape index (κ1) is 18.9. The summed E-state index contributed by atoms with van der Waals surface area (Å²) in [5, 5.41) is 0. The highest BCUT2D eigenvalue weighted by Gasteiger charge is 2.37. The van der Waals surface area contributed by atoms with E-state index in [1.807, 2.05) is 6.92 Å². The van der Waals surface area contributed by atoms with Crippen LogP contribution in [-0.2, 0) is 24.8 Å². The van der Waals surface area contributed by atoms with Gasteiger partial charge in [0.1, 0.15) is 0 Å². The largest absolute Gasteiger partial charge is 0.273 e. The summed E-state index contributed by atoms with van der Waals surface area (Å²) in [6.45, 7) is 6.83. The second kappa shape index (κ2) is 6.45. The van der Waals surface area contributed by atoms with Crippen LogP contribution >= 0.6 is 0 Å². The molecule has 0 spiro atoms. The van der Waals surface area contributed by atoms with Crippen molar-refractivity contribution in [3.63, 3.8) is 0 Å². The van der Waals surface area contributed by atoms with Gasteiger partial charge in [0.2, 0.25) is 26.0 Å². The van der Waals surface area contributed by atoms with Gasteiger partial charge in [-0.2, -0.15) is 0 Å². The number of sulfonamides is 2. The third kappa shape index (κ3) is 3.47. The topological polar surface area (TPSA) is 101 Å². The Morgan fingerprint density at radius 1 is 1.25 bits per heavy atom. The van der Waals surface area contributed by atoms with Crippen molar-refractivity contribution >= 4 is 31.6 Å². The predicted octanol–water partition coefficient (Wildman–Crippen LogP) is 1.45. The summed E-state index contributed by atoms with van der Waals surface area (Å²) in [4.78, 5) is 12.0. The Balaban J connectivity index is 2.52. The van der Waals surface area contributed by atoms with E-state index in [1.54, 1.807) is 20.8 Å². The minimum atomic E-state index is -3.72. The number of nitrogens with one attached hydrogen (secondary N) is 1. The van der Waals surface area contributed by atoms with E-state index in [2.05, 4.69) is 4.72 Å². The molecule has 0 aliphatic carbocycles. The van der Waals surface area contributed by atoms with Gasteiger partial charge in [-0.05, 0) is 50.5 Å². The van der Waals surface area contributed by atoms with Crippen LogP contribution in [0.5, 0.6) is 0 Å². The van der Waals surface area contributed by atoms with E-state index < -0.39 is 26.0 Å². The number of aryl methyl sites for hydroxylation is 2. The zero-order valence-corrected chi connectivity index (χ0v) is 15.8. The summed E-state index contributed by atoms with van der Waals surface area (Å²) in [7, 11) is -7.39. The van der Waals surface area contributed by atoms with Gasteiger partial charge < -0.3 is 0 Å². The Hall–Kier alpha value is -1.45. The second-order valence-corrected chi connectivity index (χ2v) is 9.65. The quantitative estimate of drug-likeness (QED) is 0.841. The van der Waals surface area contributed by atoms with Gasteiger partial charge in [-0.1, -0.05) is 6.92 Å². The molecule has 0 radical (unpaired) electrons. The van der Waals surface area contributed by atoms with Crippen molar-refractivity contribution in [3.8, 4) is 0 Å². The molecule has 24 heavy (non-hydrogen) atoms. The SMILES string of the molecule is CCC(C)NS(=O)(=O)c1c(C)cc(N2C(=O)CCS2(=O)=O)cc1C. The Morgan fingerprint density at radius 3 is 2.21 bits per heavy atom. The van der Waals surface area contributed by atoms with Crippen molar-refractivity contribution in [2.24, 2.45) is 0 Å². The molecule has 0 bridgehead atoms. The van der Waals surface area contributed by atoms with Crippen LogP contribution in [0.3, 0.4) is 0 Å². The van der Waals surface area contributed by atoms with Crippen LogP contribution in [0.25, 0.3) is 0 Å². The van der Waals surface area contributed by atoms with Crippen molar-refractivity contribution in [1.82, 2.24) is 4.72 Å². The number of hydrogen-bond acceptors (Lipinski definition) is 5. The van der Waals surface area contributed by atoms with Gasteiger partial charge in [0.05, 0.1) is 16.3 Å². The summed E-state index contributed by atoms with van der Waals surface area (Å²) in [5.74, 6) is -0.721. The molecule has 0 saturated carbocycles. The first-order valence-electron chi connectivity index (χ1n) is 7.69. The third-order valence-corrected chi connectivity index (χ3v) is 7.58. The number of rotatable bonds is 5. The van der Waals surface area contributed by atoms with Gasteiger partial charge in [-0.15, -0.1) is 0 Å². The van der Waals surface area contributed by atoms with Gasteiger partial charge in [0.15, 0.2) is 0 Å². The number of amides is 1. The summed E-state index contributed by atoms with van der Waals surface area (Å²) >= 11 is 0. The minimum absolute atomic E-state index is 0.0595. The standard InChI is InChI=1S/C15H22N2O5S2/c1-5-12(4)16-24(21,22)15-10(2)8-13(9-11(15)3)17-14(18)6-7-23(17,19)20/h8-9,12,16H,5-7H2,1-4H3. The molecule has 1 unspecified atom stereocenters. The van der Waals surface area contributed by atoms with Crippen LogP contribution in [0.1, 0.15) is 37.8 Å². The number of hydrogen-bond donors (Lipinski definition) is 1. The lowest BCUT2D eigenvalue weighted by Crippen LogP contribution is -2.33. The lowest BCUT2D eigenvalue weighted by Gasteiger charge is -2.20. The molecule has 1 fully saturated rings. The number of carbonyl (C=O) groups excluding carboxylic acids is 1. The minimum Gasteiger partial charge on any atom is -0.273 e. The first-order chi connectivity index (χ1) is 11.0. The molecule has 2 rings (SSSR count). The molecule has 1 aliphatic heterocycles. The van der Waals surface area contributed by atoms with Gasteiger partial charge in [0.25, 0.3) is 0 Å². The van der Waals surface area contributed by atoms with Gasteiger partial charge in [-0.25, -0.2) is 25.9 Å². The van der Waals surface area contributed by atoms with E-state index in [0.29, 0.717) is 17.5 Å². The third-order valence-electron chi connectivity index (χ3n) is 4.00. The Labute approximate surface area is 143 Å².